The minimum Gasteiger partial charge on any atom is -0.496 e. The summed E-state index contributed by atoms with van der Waals surface area (Å²) in [7, 11) is 1.52. The van der Waals surface area contributed by atoms with Crippen molar-refractivity contribution in [2.75, 3.05) is 7.11 Å². The van der Waals surface area contributed by atoms with Crippen molar-refractivity contribution >= 4 is 46.2 Å². The van der Waals surface area contributed by atoms with Gasteiger partial charge in [0.1, 0.15) is 5.75 Å². The molecule has 1 amide bonds. The highest BCUT2D eigenvalue weighted by molar-refractivity contribution is 6.35. The second kappa shape index (κ2) is 9.25. The van der Waals surface area contributed by atoms with E-state index in [2.05, 4.69) is 15.1 Å². The fourth-order valence-corrected chi connectivity index (χ4v) is 3.86. The number of aromatic nitrogens is 1. The molecule has 0 aliphatic carbocycles. The van der Waals surface area contributed by atoms with E-state index in [0.717, 1.165) is 22.0 Å². The van der Waals surface area contributed by atoms with E-state index >= 15 is 0 Å². The van der Waals surface area contributed by atoms with Gasteiger partial charge < -0.3 is 9.30 Å². The maximum absolute atomic E-state index is 12.5. The maximum atomic E-state index is 12.5. The van der Waals surface area contributed by atoms with Gasteiger partial charge >= 0.3 is 0 Å². The number of halogens is 2. The molecule has 3 aromatic carbocycles. The van der Waals surface area contributed by atoms with Gasteiger partial charge in [0.15, 0.2) is 0 Å². The van der Waals surface area contributed by atoms with Gasteiger partial charge in [0.2, 0.25) is 0 Å². The summed E-state index contributed by atoms with van der Waals surface area (Å²) in [5, 5.41) is 6.39. The molecular weight excluding hydrogens is 433 g/mol. The number of para-hydroxylation sites is 2. The monoisotopic (exact) mass is 451 g/mol. The summed E-state index contributed by atoms with van der Waals surface area (Å²) in [6.45, 7) is 0.581. The predicted molar refractivity (Wildman–Crippen MR) is 126 cm³/mol. The Labute approximate surface area is 189 Å². The van der Waals surface area contributed by atoms with Crippen LogP contribution in [-0.2, 0) is 6.54 Å². The third-order valence-corrected chi connectivity index (χ3v) is 5.48. The van der Waals surface area contributed by atoms with Gasteiger partial charge in [-0.2, -0.15) is 5.10 Å². The third kappa shape index (κ3) is 4.58. The Hall–Kier alpha value is -3.28. The first-order chi connectivity index (χ1) is 15.1. The number of carbonyl (C=O) groups is 1. The molecule has 0 unspecified atom stereocenters. The fourth-order valence-electron chi connectivity index (χ4n) is 3.40. The summed E-state index contributed by atoms with van der Waals surface area (Å²) in [5.41, 5.74) is 5.85. The Morgan fingerprint density at radius 2 is 1.87 bits per heavy atom. The van der Waals surface area contributed by atoms with Gasteiger partial charge in [-0.3, -0.25) is 4.79 Å². The predicted octanol–water partition coefficient (Wildman–Crippen LogP) is 5.77. The molecule has 4 aromatic rings. The molecule has 0 spiro atoms. The molecular formula is C24H19Cl2N3O2. The van der Waals surface area contributed by atoms with Crippen molar-refractivity contribution < 1.29 is 9.53 Å². The number of nitrogens with zero attached hydrogens (tertiary/aromatic N) is 2. The van der Waals surface area contributed by atoms with Gasteiger partial charge in [-0.1, -0.05) is 59.6 Å². The van der Waals surface area contributed by atoms with E-state index in [1.165, 1.54) is 7.11 Å². The Morgan fingerprint density at radius 1 is 1.10 bits per heavy atom. The summed E-state index contributed by atoms with van der Waals surface area (Å²) < 4.78 is 7.32. The standard InChI is InChI=1S/C24H19Cl2N3O2/c1-31-23-9-5-3-7-20(23)24(30)28-27-13-17-15-29(22-8-4-2-6-19(17)22)14-16-10-11-18(25)12-21(16)26/h2-13,15H,14H2,1H3,(H,28,30). The highest BCUT2D eigenvalue weighted by atomic mass is 35.5. The molecule has 156 valence electrons. The molecule has 0 aliphatic rings. The number of ether oxygens (including phenoxy) is 1. The summed E-state index contributed by atoms with van der Waals surface area (Å²) in [6, 6.07) is 20.5. The number of hydrogen-bond acceptors (Lipinski definition) is 3. The minimum atomic E-state index is -0.342. The minimum absolute atomic E-state index is 0.342. The Balaban J connectivity index is 1.59. The number of carbonyl (C=O) groups excluding carboxylic acids is 1. The average molecular weight is 452 g/mol. The first-order valence-corrected chi connectivity index (χ1v) is 10.3. The number of hydrogen-bond donors (Lipinski definition) is 1. The molecule has 0 bridgehead atoms. The van der Waals surface area contributed by atoms with Crippen molar-refractivity contribution in [3.05, 3.63) is 99.7 Å². The highest BCUT2D eigenvalue weighted by Gasteiger charge is 2.11. The lowest BCUT2D eigenvalue weighted by Gasteiger charge is -2.08. The van der Waals surface area contributed by atoms with E-state index in [0.29, 0.717) is 27.9 Å². The topological polar surface area (TPSA) is 55.6 Å². The molecule has 5 nitrogen and oxygen atoms in total. The molecule has 31 heavy (non-hydrogen) atoms. The fraction of sp³-hybridized carbons (Fsp3) is 0.0833. The molecule has 0 saturated heterocycles. The first-order valence-electron chi connectivity index (χ1n) is 9.55. The van der Waals surface area contributed by atoms with Crippen LogP contribution in [-0.4, -0.2) is 23.8 Å². The molecule has 7 heteroatoms. The van der Waals surface area contributed by atoms with E-state index in [-0.39, 0.29) is 5.91 Å². The number of fused-ring (bicyclic) bond motifs is 1. The van der Waals surface area contributed by atoms with Crippen molar-refractivity contribution in [1.29, 1.82) is 0 Å². The lowest BCUT2D eigenvalue weighted by Crippen LogP contribution is -2.18. The first kappa shape index (κ1) is 21.0. The van der Waals surface area contributed by atoms with Gasteiger partial charge in [-0.25, -0.2) is 5.43 Å². The van der Waals surface area contributed by atoms with Crippen LogP contribution < -0.4 is 10.2 Å². The second-order valence-corrected chi connectivity index (χ2v) is 7.71. The van der Waals surface area contributed by atoms with Crippen molar-refractivity contribution in [3.8, 4) is 5.75 Å². The van der Waals surface area contributed by atoms with Crippen LogP contribution in [0.3, 0.4) is 0 Å². The number of hydrazone groups is 1. The number of methoxy groups -OCH3 is 1. The van der Waals surface area contributed by atoms with E-state index in [9.17, 15) is 4.79 Å². The van der Waals surface area contributed by atoms with Gasteiger partial charge in [0.05, 0.1) is 18.9 Å². The Morgan fingerprint density at radius 3 is 2.68 bits per heavy atom. The molecule has 0 radical (unpaired) electrons. The molecule has 1 N–H and O–H groups in total. The number of rotatable bonds is 6. The van der Waals surface area contributed by atoms with Crippen LogP contribution in [0.25, 0.3) is 10.9 Å². The van der Waals surface area contributed by atoms with Gasteiger partial charge in [0.25, 0.3) is 5.91 Å². The van der Waals surface area contributed by atoms with E-state index in [1.807, 2.05) is 42.6 Å². The zero-order valence-electron chi connectivity index (χ0n) is 16.7. The lowest BCUT2D eigenvalue weighted by atomic mass is 10.2. The summed E-state index contributed by atoms with van der Waals surface area (Å²) in [6.07, 6.45) is 3.62. The number of amides is 1. The Bertz CT molecular complexity index is 1280. The summed E-state index contributed by atoms with van der Waals surface area (Å²) >= 11 is 12.4. The third-order valence-electron chi connectivity index (χ3n) is 4.90. The van der Waals surface area contributed by atoms with E-state index in [1.54, 1.807) is 36.5 Å². The largest absolute Gasteiger partial charge is 0.496 e. The second-order valence-electron chi connectivity index (χ2n) is 6.86. The van der Waals surface area contributed by atoms with Crippen LogP contribution >= 0.6 is 23.2 Å². The molecule has 0 aliphatic heterocycles. The Kier molecular flexibility index (Phi) is 6.26. The number of nitrogens with one attached hydrogen (secondary N) is 1. The van der Waals surface area contributed by atoms with Crippen LogP contribution in [0, 0.1) is 0 Å². The van der Waals surface area contributed by atoms with Crippen molar-refractivity contribution in [3.63, 3.8) is 0 Å². The van der Waals surface area contributed by atoms with Crippen LogP contribution in [0.15, 0.2) is 78.0 Å². The lowest BCUT2D eigenvalue weighted by molar-refractivity contribution is 0.0952. The van der Waals surface area contributed by atoms with Crippen molar-refractivity contribution in [1.82, 2.24) is 9.99 Å². The van der Waals surface area contributed by atoms with Gasteiger partial charge in [-0.05, 0) is 35.9 Å². The zero-order valence-corrected chi connectivity index (χ0v) is 18.2. The molecule has 0 fully saturated rings. The van der Waals surface area contributed by atoms with Gasteiger partial charge in [-0.15, -0.1) is 0 Å². The van der Waals surface area contributed by atoms with Crippen molar-refractivity contribution in [2.24, 2.45) is 5.10 Å². The van der Waals surface area contributed by atoms with E-state index in [4.69, 9.17) is 27.9 Å². The van der Waals surface area contributed by atoms with Gasteiger partial charge in [0, 0.05) is 39.3 Å². The average Bonchev–Trinajstić information content (AvgIpc) is 3.13. The maximum Gasteiger partial charge on any atom is 0.275 e. The summed E-state index contributed by atoms with van der Waals surface area (Å²) in [5.74, 6) is 0.150. The van der Waals surface area contributed by atoms with E-state index < -0.39 is 0 Å². The quantitative estimate of drug-likeness (QED) is 0.298. The molecule has 0 atom stereocenters. The van der Waals surface area contributed by atoms with Crippen LogP contribution in [0.4, 0.5) is 0 Å². The number of benzene rings is 3. The molecule has 1 heterocycles. The smallest absolute Gasteiger partial charge is 0.275 e. The molecule has 0 saturated carbocycles. The van der Waals surface area contributed by atoms with Crippen molar-refractivity contribution in [2.45, 2.75) is 6.54 Å². The normalized spacial score (nSPS) is 11.2. The SMILES string of the molecule is COc1ccccc1C(=O)NN=Cc1cn(Cc2ccc(Cl)cc2Cl)c2ccccc12. The van der Waals surface area contributed by atoms with Crippen LogP contribution in [0.2, 0.25) is 10.0 Å². The highest BCUT2D eigenvalue weighted by Crippen LogP contribution is 2.25. The van der Waals surface area contributed by atoms with Crippen LogP contribution in [0.1, 0.15) is 21.5 Å². The molecule has 1 aromatic heterocycles. The summed E-state index contributed by atoms with van der Waals surface area (Å²) in [4.78, 5) is 12.5. The van der Waals surface area contributed by atoms with Crippen LogP contribution in [0.5, 0.6) is 5.75 Å². The zero-order chi connectivity index (χ0) is 21.8. The molecule has 4 rings (SSSR count).